The summed E-state index contributed by atoms with van der Waals surface area (Å²) >= 11 is 5.89. The Morgan fingerprint density at radius 3 is 2.84 bits per heavy atom. The maximum Gasteiger partial charge on any atom is 0.227 e. The Morgan fingerprint density at radius 2 is 2.05 bits per heavy atom. The number of ether oxygens (including phenoxy) is 1. The van der Waals surface area contributed by atoms with Crippen LogP contribution in [0.15, 0.2) is 24.3 Å². The molecular weight excluding hydrogens is 264 g/mol. The van der Waals surface area contributed by atoms with Crippen LogP contribution in [0, 0.1) is 5.92 Å². The molecule has 1 aromatic rings. The minimum absolute atomic E-state index is 0.0557. The van der Waals surface area contributed by atoms with Crippen LogP contribution in [0.1, 0.15) is 5.56 Å². The highest BCUT2D eigenvalue weighted by atomic mass is 35.5. The number of hydrogen-bond acceptors (Lipinski definition) is 3. The number of benzene rings is 1. The Hall–Kier alpha value is -1.10. The van der Waals surface area contributed by atoms with Crippen LogP contribution in [0.5, 0.6) is 0 Å². The van der Waals surface area contributed by atoms with Gasteiger partial charge in [-0.3, -0.25) is 9.69 Å². The van der Waals surface area contributed by atoms with Gasteiger partial charge >= 0.3 is 0 Å². The van der Waals surface area contributed by atoms with Crippen molar-refractivity contribution in [1.82, 2.24) is 10.2 Å². The summed E-state index contributed by atoms with van der Waals surface area (Å²) < 4.78 is 5.52. The lowest BCUT2D eigenvalue weighted by molar-refractivity contribution is -0.125. The van der Waals surface area contributed by atoms with Crippen LogP contribution in [-0.2, 0) is 16.1 Å². The van der Waals surface area contributed by atoms with Gasteiger partial charge in [-0.2, -0.15) is 0 Å². The Bertz CT molecular complexity index is 463. The van der Waals surface area contributed by atoms with Crippen molar-refractivity contribution < 1.29 is 9.53 Å². The van der Waals surface area contributed by atoms with E-state index in [2.05, 4.69) is 10.2 Å². The molecule has 0 unspecified atom stereocenters. The van der Waals surface area contributed by atoms with E-state index >= 15 is 0 Å². The van der Waals surface area contributed by atoms with E-state index in [0.29, 0.717) is 13.2 Å². The molecule has 0 aliphatic carbocycles. The molecule has 0 radical (unpaired) electrons. The predicted molar refractivity (Wildman–Crippen MR) is 73.0 cm³/mol. The standard InChI is InChI=1S/C14H17ClN2O2/c15-12-3-1-10(2-4-12)5-17-6-11-8-19-9-13(7-17)16-14(11)18/h1-4,11,13H,5-9H2,(H,16,18)/t11-,13+/m1/s1. The minimum Gasteiger partial charge on any atom is -0.378 e. The minimum atomic E-state index is -0.0557. The van der Waals surface area contributed by atoms with Crippen LogP contribution in [0.3, 0.4) is 0 Å². The highest BCUT2D eigenvalue weighted by molar-refractivity contribution is 6.30. The van der Waals surface area contributed by atoms with E-state index in [1.165, 1.54) is 5.56 Å². The zero-order valence-electron chi connectivity index (χ0n) is 10.6. The first kappa shape index (κ1) is 12.9. The van der Waals surface area contributed by atoms with Gasteiger partial charge in [-0.05, 0) is 17.7 Å². The van der Waals surface area contributed by atoms with Gasteiger partial charge in [0.25, 0.3) is 0 Å². The van der Waals surface area contributed by atoms with Crippen LogP contribution in [0.4, 0.5) is 0 Å². The number of carbonyl (C=O) groups excluding carboxylic acids is 1. The molecule has 1 N–H and O–H groups in total. The van der Waals surface area contributed by atoms with Crippen LogP contribution >= 0.6 is 11.6 Å². The molecule has 2 aliphatic rings. The number of amides is 1. The van der Waals surface area contributed by atoms with Crippen molar-refractivity contribution in [1.29, 1.82) is 0 Å². The van der Waals surface area contributed by atoms with Crippen LogP contribution in [0.25, 0.3) is 0 Å². The van der Waals surface area contributed by atoms with Gasteiger partial charge in [-0.15, -0.1) is 0 Å². The Kier molecular flexibility index (Phi) is 3.73. The fourth-order valence-corrected chi connectivity index (χ4v) is 2.82. The third-order valence-corrected chi connectivity index (χ3v) is 3.88. The largest absolute Gasteiger partial charge is 0.378 e. The second-order valence-electron chi connectivity index (χ2n) is 5.26. The van der Waals surface area contributed by atoms with Crippen molar-refractivity contribution in [2.45, 2.75) is 12.6 Å². The first-order valence-electron chi connectivity index (χ1n) is 6.55. The van der Waals surface area contributed by atoms with Crippen molar-refractivity contribution in [3.8, 4) is 0 Å². The molecule has 4 nitrogen and oxygen atoms in total. The molecule has 2 bridgehead atoms. The molecule has 1 amide bonds. The number of nitrogens with zero attached hydrogens (tertiary/aromatic N) is 1. The van der Waals surface area contributed by atoms with Gasteiger partial charge in [0.1, 0.15) is 0 Å². The van der Waals surface area contributed by atoms with Gasteiger partial charge in [0.2, 0.25) is 5.91 Å². The maximum absolute atomic E-state index is 11.9. The molecule has 2 saturated heterocycles. The van der Waals surface area contributed by atoms with E-state index in [9.17, 15) is 4.79 Å². The number of carbonyl (C=O) groups is 1. The number of hydrogen-bond donors (Lipinski definition) is 1. The Labute approximate surface area is 117 Å². The lowest BCUT2D eigenvalue weighted by Crippen LogP contribution is -2.41. The highest BCUT2D eigenvalue weighted by Crippen LogP contribution is 2.17. The fraction of sp³-hybridized carbons (Fsp3) is 0.500. The first-order chi connectivity index (χ1) is 9.20. The molecular formula is C14H17ClN2O2. The predicted octanol–water partition coefficient (Wildman–Crippen LogP) is 1.29. The van der Waals surface area contributed by atoms with E-state index in [-0.39, 0.29) is 17.9 Å². The summed E-state index contributed by atoms with van der Waals surface area (Å²) in [6, 6.07) is 7.99. The van der Waals surface area contributed by atoms with Gasteiger partial charge in [0.05, 0.1) is 25.2 Å². The second kappa shape index (κ2) is 5.49. The van der Waals surface area contributed by atoms with Crippen molar-refractivity contribution in [3.05, 3.63) is 34.9 Å². The summed E-state index contributed by atoms with van der Waals surface area (Å²) in [5.74, 6) is 0.0703. The molecule has 2 fully saturated rings. The number of fused-ring (bicyclic) bond motifs is 3. The van der Waals surface area contributed by atoms with E-state index in [1.54, 1.807) is 0 Å². The quantitative estimate of drug-likeness (QED) is 0.888. The fourth-order valence-electron chi connectivity index (χ4n) is 2.70. The molecule has 2 atom stereocenters. The average Bonchev–Trinajstić information content (AvgIpc) is 2.61. The van der Waals surface area contributed by atoms with Crippen molar-refractivity contribution in [3.63, 3.8) is 0 Å². The summed E-state index contributed by atoms with van der Waals surface area (Å²) in [5, 5.41) is 3.79. The van der Waals surface area contributed by atoms with Crippen LogP contribution in [-0.4, -0.2) is 43.2 Å². The third-order valence-electron chi connectivity index (χ3n) is 3.63. The molecule has 3 rings (SSSR count). The summed E-state index contributed by atoms with van der Waals surface area (Å²) in [6.07, 6.45) is 0. The maximum atomic E-state index is 11.9. The van der Waals surface area contributed by atoms with Gasteiger partial charge < -0.3 is 10.1 Å². The molecule has 2 heterocycles. The average molecular weight is 281 g/mol. The van der Waals surface area contributed by atoms with Gasteiger partial charge in [0.15, 0.2) is 0 Å². The first-order valence-corrected chi connectivity index (χ1v) is 6.93. The smallest absolute Gasteiger partial charge is 0.227 e. The summed E-state index contributed by atoms with van der Waals surface area (Å²) in [6.45, 7) is 3.58. The number of rotatable bonds is 2. The van der Waals surface area contributed by atoms with E-state index < -0.39 is 0 Å². The van der Waals surface area contributed by atoms with Gasteiger partial charge in [-0.1, -0.05) is 23.7 Å². The lowest BCUT2D eigenvalue weighted by atomic mass is 10.1. The summed E-state index contributed by atoms with van der Waals surface area (Å²) in [7, 11) is 0. The molecule has 1 aromatic carbocycles. The second-order valence-corrected chi connectivity index (χ2v) is 5.70. The molecule has 0 spiro atoms. The molecule has 0 saturated carbocycles. The molecule has 102 valence electrons. The number of halogens is 1. The molecule has 2 aliphatic heterocycles. The SMILES string of the molecule is O=C1N[C@@H]2COC[C@H]1CN(Cc1ccc(Cl)cc1)C2. The molecule has 0 aromatic heterocycles. The Morgan fingerprint density at radius 1 is 1.26 bits per heavy atom. The van der Waals surface area contributed by atoms with Gasteiger partial charge in [-0.25, -0.2) is 0 Å². The van der Waals surface area contributed by atoms with Gasteiger partial charge in [0, 0.05) is 24.7 Å². The lowest BCUT2D eigenvalue weighted by Gasteiger charge is -2.27. The zero-order valence-corrected chi connectivity index (χ0v) is 11.4. The van der Waals surface area contributed by atoms with Crippen LogP contribution in [0.2, 0.25) is 5.02 Å². The normalized spacial score (nSPS) is 27.7. The Balaban J connectivity index is 1.71. The third kappa shape index (κ3) is 3.08. The molecule has 19 heavy (non-hydrogen) atoms. The van der Waals surface area contributed by atoms with E-state index in [4.69, 9.17) is 16.3 Å². The van der Waals surface area contributed by atoms with Crippen molar-refractivity contribution in [2.24, 2.45) is 5.92 Å². The zero-order chi connectivity index (χ0) is 13.2. The highest BCUT2D eigenvalue weighted by Gasteiger charge is 2.32. The van der Waals surface area contributed by atoms with Crippen molar-refractivity contribution in [2.75, 3.05) is 26.3 Å². The number of nitrogens with one attached hydrogen (secondary N) is 1. The van der Waals surface area contributed by atoms with Crippen LogP contribution < -0.4 is 5.32 Å². The van der Waals surface area contributed by atoms with E-state index in [1.807, 2.05) is 24.3 Å². The topological polar surface area (TPSA) is 41.6 Å². The van der Waals surface area contributed by atoms with Crippen molar-refractivity contribution >= 4 is 17.5 Å². The monoisotopic (exact) mass is 280 g/mol. The summed E-state index contributed by atoms with van der Waals surface area (Å²) in [4.78, 5) is 14.2. The van der Waals surface area contributed by atoms with E-state index in [0.717, 1.165) is 24.7 Å². The molecule has 5 heteroatoms. The summed E-state index contributed by atoms with van der Waals surface area (Å²) in [5.41, 5.74) is 1.22.